The summed E-state index contributed by atoms with van der Waals surface area (Å²) in [6.07, 6.45) is 2.43. The molecule has 4 nitrogen and oxygen atoms in total. The molecule has 0 amide bonds. The molecule has 1 atom stereocenters. The first-order valence-electron chi connectivity index (χ1n) is 6.82. The Morgan fingerprint density at radius 1 is 1.21 bits per heavy atom. The van der Waals surface area contributed by atoms with Crippen LogP contribution >= 0.6 is 0 Å². The topological polar surface area (TPSA) is 42.2 Å². The van der Waals surface area contributed by atoms with Gasteiger partial charge in [0.05, 0.1) is 6.54 Å². The summed E-state index contributed by atoms with van der Waals surface area (Å²) in [5, 5.41) is 7.99. The van der Waals surface area contributed by atoms with Crippen LogP contribution < -0.4 is 0 Å². The van der Waals surface area contributed by atoms with E-state index in [0.717, 1.165) is 19.0 Å². The maximum absolute atomic E-state index is 5.48. The highest BCUT2D eigenvalue weighted by atomic mass is 16.4. The van der Waals surface area contributed by atoms with Crippen LogP contribution in [0, 0.1) is 13.8 Å². The summed E-state index contributed by atoms with van der Waals surface area (Å²) in [6.45, 7) is 5.80. The van der Waals surface area contributed by atoms with Crippen molar-refractivity contribution in [3.8, 4) is 0 Å². The largest absolute Gasteiger partial charge is 0.424 e. The van der Waals surface area contributed by atoms with E-state index in [0.29, 0.717) is 11.9 Å². The van der Waals surface area contributed by atoms with Gasteiger partial charge in [-0.3, -0.25) is 4.90 Å². The first-order chi connectivity index (χ1) is 9.22. The van der Waals surface area contributed by atoms with E-state index in [-0.39, 0.29) is 0 Å². The standard InChI is InChI=1S/C15H19N3O/c1-11-5-7-13(8-6-11)14-4-3-9-18(14)10-15-17-16-12(2)19-15/h5-8,14H,3-4,9-10H2,1-2H3/t14-/m0/s1. The van der Waals surface area contributed by atoms with E-state index in [2.05, 4.69) is 46.3 Å². The summed E-state index contributed by atoms with van der Waals surface area (Å²) in [5.41, 5.74) is 2.69. The average Bonchev–Trinajstić information content (AvgIpc) is 3.00. The number of likely N-dealkylation sites (tertiary alicyclic amines) is 1. The Morgan fingerprint density at radius 3 is 2.68 bits per heavy atom. The lowest BCUT2D eigenvalue weighted by Crippen LogP contribution is -2.22. The van der Waals surface area contributed by atoms with E-state index in [4.69, 9.17) is 4.42 Å². The van der Waals surface area contributed by atoms with Gasteiger partial charge in [0.25, 0.3) is 0 Å². The van der Waals surface area contributed by atoms with Crippen LogP contribution in [0.5, 0.6) is 0 Å². The van der Waals surface area contributed by atoms with Crippen LogP contribution in [0.25, 0.3) is 0 Å². The van der Waals surface area contributed by atoms with Crippen molar-refractivity contribution in [2.45, 2.75) is 39.3 Å². The number of hydrogen-bond acceptors (Lipinski definition) is 4. The van der Waals surface area contributed by atoms with Crippen LogP contribution in [0.2, 0.25) is 0 Å². The molecule has 19 heavy (non-hydrogen) atoms. The fourth-order valence-electron chi connectivity index (χ4n) is 2.76. The third-order valence-corrected chi connectivity index (χ3v) is 3.73. The van der Waals surface area contributed by atoms with Crippen LogP contribution in [0.1, 0.15) is 41.8 Å². The summed E-state index contributed by atoms with van der Waals surface area (Å²) in [5.74, 6) is 1.36. The Hall–Kier alpha value is -1.68. The first kappa shape index (κ1) is 12.4. The van der Waals surface area contributed by atoms with Crippen molar-refractivity contribution in [1.82, 2.24) is 15.1 Å². The molecular weight excluding hydrogens is 238 g/mol. The second kappa shape index (κ2) is 5.13. The van der Waals surface area contributed by atoms with Gasteiger partial charge in [-0.1, -0.05) is 29.8 Å². The summed E-state index contributed by atoms with van der Waals surface area (Å²) < 4.78 is 5.48. The third-order valence-electron chi connectivity index (χ3n) is 3.73. The molecule has 1 aromatic heterocycles. The van der Waals surface area contributed by atoms with Crippen molar-refractivity contribution in [3.05, 3.63) is 47.2 Å². The monoisotopic (exact) mass is 257 g/mol. The van der Waals surface area contributed by atoms with Gasteiger partial charge in [0.2, 0.25) is 11.8 Å². The van der Waals surface area contributed by atoms with Gasteiger partial charge in [-0.25, -0.2) is 0 Å². The average molecular weight is 257 g/mol. The second-order valence-corrected chi connectivity index (χ2v) is 5.25. The maximum Gasteiger partial charge on any atom is 0.230 e. The molecule has 100 valence electrons. The van der Waals surface area contributed by atoms with E-state index >= 15 is 0 Å². The third kappa shape index (κ3) is 2.68. The quantitative estimate of drug-likeness (QED) is 0.847. The van der Waals surface area contributed by atoms with E-state index in [9.17, 15) is 0 Å². The normalized spacial score (nSPS) is 20.0. The Labute approximate surface area is 113 Å². The summed E-state index contributed by atoms with van der Waals surface area (Å²) in [6, 6.07) is 9.31. The van der Waals surface area contributed by atoms with Gasteiger partial charge >= 0.3 is 0 Å². The molecule has 2 heterocycles. The molecule has 1 fully saturated rings. The fourth-order valence-corrected chi connectivity index (χ4v) is 2.76. The molecule has 0 radical (unpaired) electrons. The SMILES string of the molecule is Cc1ccc([C@@H]2CCCN2Cc2nnc(C)o2)cc1. The molecule has 0 unspecified atom stereocenters. The van der Waals surface area contributed by atoms with Crippen LogP contribution in [-0.2, 0) is 6.54 Å². The van der Waals surface area contributed by atoms with E-state index < -0.39 is 0 Å². The van der Waals surface area contributed by atoms with Crippen LogP contribution in [0.3, 0.4) is 0 Å². The molecule has 1 aliphatic rings. The second-order valence-electron chi connectivity index (χ2n) is 5.25. The Morgan fingerprint density at radius 2 is 2.00 bits per heavy atom. The molecular formula is C15H19N3O. The Kier molecular flexibility index (Phi) is 3.34. The van der Waals surface area contributed by atoms with Gasteiger partial charge in [-0.15, -0.1) is 10.2 Å². The number of rotatable bonds is 3. The molecule has 0 saturated carbocycles. The minimum Gasteiger partial charge on any atom is -0.424 e. The lowest BCUT2D eigenvalue weighted by Gasteiger charge is -2.23. The number of nitrogens with zero attached hydrogens (tertiary/aromatic N) is 3. The van der Waals surface area contributed by atoms with Crippen molar-refractivity contribution in [1.29, 1.82) is 0 Å². The van der Waals surface area contributed by atoms with Crippen molar-refractivity contribution in [3.63, 3.8) is 0 Å². The summed E-state index contributed by atoms with van der Waals surface area (Å²) in [4.78, 5) is 2.43. The molecule has 0 bridgehead atoms. The van der Waals surface area contributed by atoms with E-state index in [1.165, 1.54) is 24.0 Å². The lowest BCUT2D eigenvalue weighted by molar-refractivity contribution is 0.222. The van der Waals surface area contributed by atoms with Crippen LogP contribution in [-0.4, -0.2) is 21.6 Å². The van der Waals surface area contributed by atoms with Crippen molar-refractivity contribution in [2.75, 3.05) is 6.54 Å². The highest BCUT2D eigenvalue weighted by Gasteiger charge is 2.27. The molecule has 4 heteroatoms. The predicted octanol–water partition coefficient (Wildman–Crippen LogP) is 3.02. The first-order valence-corrected chi connectivity index (χ1v) is 6.82. The number of aryl methyl sites for hydroxylation is 2. The minimum absolute atomic E-state index is 0.479. The van der Waals surface area contributed by atoms with E-state index in [1.807, 2.05) is 6.92 Å². The Bertz CT molecular complexity index is 547. The smallest absolute Gasteiger partial charge is 0.230 e. The van der Waals surface area contributed by atoms with Gasteiger partial charge < -0.3 is 4.42 Å². The van der Waals surface area contributed by atoms with Crippen molar-refractivity contribution in [2.24, 2.45) is 0 Å². The Balaban J connectivity index is 1.76. The molecule has 2 aromatic rings. The van der Waals surface area contributed by atoms with E-state index in [1.54, 1.807) is 0 Å². The predicted molar refractivity (Wildman–Crippen MR) is 72.6 cm³/mol. The highest BCUT2D eigenvalue weighted by Crippen LogP contribution is 2.32. The van der Waals surface area contributed by atoms with Gasteiger partial charge in [0.15, 0.2) is 0 Å². The molecule has 0 spiro atoms. The van der Waals surface area contributed by atoms with Gasteiger partial charge in [0, 0.05) is 13.0 Å². The van der Waals surface area contributed by atoms with Gasteiger partial charge in [0.1, 0.15) is 0 Å². The molecule has 0 N–H and O–H groups in total. The summed E-state index contributed by atoms with van der Waals surface area (Å²) in [7, 11) is 0. The zero-order chi connectivity index (χ0) is 13.2. The number of benzene rings is 1. The maximum atomic E-state index is 5.48. The molecule has 1 aromatic carbocycles. The lowest BCUT2D eigenvalue weighted by atomic mass is 10.0. The highest BCUT2D eigenvalue weighted by molar-refractivity contribution is 5.24. The van der Waals surface area contributed by atoms with Crippen molar-refractivity contribution >= 4 is 0 Å². The molecule has 1 saturated heterocycles. The number of aromatic nitrogens is 2. The van der Waals surface area contributed by atoms with Crippen LogP contribution in [0.15, 0.2) is 28.7 Å². The van der Waals surface area contributed by atoms with Gasteiger partial charge in [-0.2, -0.15) is 0 Å². The van der Waals surface area contributed by atoms with Gasteiger partial charge in [-0.05, 0) is 31.9 Å². The molecule has 0 aliphatic carbocycles. The van der Waals surface area contributed by atoms with Crippen LogP contribution in [0.4, 0.5) is 0 Å². The molecule has 1 aliphatic heterocycles. The zero-order valence-corrected chi connectivity index (χ0v) is 11.5. The minimum atomic E-state index is 0.479. The summed E-state index contributed by atoms with van der Waals surface area (Å²) >= 11 is 0. The van der Waals surface area contributed by atoms with Crippen molar-refractivity contribution < 1.29 is 4.42 Å². The zero-order valence-electron chi connectivity index (χ0n) is 11.5. The molecule has 3 rings (SSSR count). The number of hydrogen-bond donors (Lipinski definition) is 0. The fraction of sp³-hybridized carbons (Fsp3) is 0.467.